The molecule has 0 saturated carbocycles. The molecule has 6 N–H and O–H groups in total. The Hall–Kier alpha value is -4.56. The number of hydrogen-bond acceptors (Lipinski definition) is 12. The maximum atomic E-state index is 6.94. The van der Waals surface area contributed by atoms with Gasteiger partial charge in [0.15, 0.2) is 0 Å². The van der Waals surface area contributed by atoms with Crippen LogP contribution in [0.5, 0.6) is 23.0 Å². The topological polar surface area (TPSA) is 116 Å². The van der Waals surface area contributed by atoms with Gasteiger partial charge in [0.1, 0.15) is 23.0 Å². The van der Waals surface area contributed by atoms with Crippen LogP contribution in [0.15, 0.2) is 60.7 Å². The van der Waals surface area contributed by atoms with Crippen LogP contribution in [0.2, 0.25) is 0 Å². The molecule has 0 unspecified atom stereocenters. The van der Waals surface area contributed by atoms with E-state index in [1.807, 2.05) is 0 Å². The first kappa shape index (κ1) is 51.3. The van der Waals surface area contributed by atoms with Crippen LogP contribution in [0.1, 0.15) is 97.9 Å². The molecule has 3 aliphatic rings. The van der Waals surface area contributed by atoms with Crippen molar-refractivity contribution in [3.63, 3.8) is 0 Å². The van der Waals surface area contributed by atoms with E-state index in [9.17, 15) is 0 Å². The lowest BCUT2D eigenvalue weighted by atomic mass is 9.90. The molecule has 0 atom stereocenters. The zero-order chi connectivity index (χ0) is 47.2. The SMILES string of the molecule is CCCOc1c2cccc1Cc1cc(N3CCNCCNCCNCC3)cc(c1OCCC)Cc1cccc(c1OCCC)Cc1cc(N3CCNCCNCCNCC3)cc(c1OCCC)C2. The first-order chi connectivity index (χ1) is 33.6. The van der Waals surface area contributed by atoms with E-state index in [-0.39, 0.29) is 0 Å². The van der Waals surface area contributed by atoms with Gasteiger partial charge in [-0.05, 0) is 72.2 Å². The Balaban J connectivity index is 1.43. The van der Waals surface area contributed by atoms with Crippen LogP contribution in [0.3, 0.4) is 0 Å². The molecule has 0 radical (unpaired) electrons. The second-order valence-corrected chi connectivity index (χ2v) is 18.6. The third kappa shape index (κ3) is 14.7. The molecule has 68 heavy (non-hydrogen) atoms. The van der Waals surface area contributed by atoms with Crippen molar-refractivity contribution >= 4 is 11.4 Å². The summed E-state index contributed by atoms with van der Waals surface area (Å²) in [6, 6.07) is 23.2. The van der Waals surface area contributed by atoms with Gasteiger partial charge in [-0.2, -0.15) is 0 Å². The molecule has 4 aromatic rings. The molecule has 1 aliphatic carbocycles. The molecule has 0 amide bonds. The Morgan fingerprint density at radius 2 is 0.574 bits per heavy atom. The molecule has 2 fully saturated rings. The van der Waals surface area contributed by atoms with E-state index >= 15 is 0 Å². The highest BCUT2D eigenvalue weighted by Gasteiger charge is 2.25. The molecule has 7 rings (SSSR count). The van der Waals surface area contributed by atoms with Crippen molar-refractivity contribution in [2.45, 2.75) is 79.1 Å². The predicted octanol–water partition coefficient (Wildman–Crippen LogP) is 6.70. The number of fused-ring (bicyclic) bond motifs is 8. The number of rotatable bonds is 14. The van der Waals surface area contributed by atoms with Crippen LogP contribution in [-0.4, -0.2) is 131 Å². The molecule has 2 saturated heterocycles. The van der Waals surface area contributed by atoms with Crippen molar-refractivity contribution < 1.29 is 18.9 Å². The predicted molar refractivity (Wildman–Crippen MR) is 282 cm³/mol. The summed E-state index contributed by atoms with van der Waals surface area (Å²) in [5.74, 6) is 3.92. The van der Waals surface area contributed by atoms with Crippen LogP contribution in [0, 0.1) is 0 Å². The van der Waals surface area contributed by atoms with Crippen molar-refractivity contribution in [2.24, 2.45) is 0 Å². The highest BCUT2D eigenvalue weighted by atomic mass is 16.5. The number of anilines is 2. The van der Waals surface area contributed by atoms with Crippen LogP contribution in [-0.2, 0) is 25.7 Å². The fourth-order valence-electron chi connectivity index (χ4n) is 9.63. The molecule has 0 aromatic heterocycles. The normalized spacial score (nSPS) is 17.2. The zero-order valence-corrected chi connectivity index (χ0v) is 42.1. The van der Waals surface area contributed by atoms with Crippen LogP contribution >= 0.6 is 0 Å². The standard InChI is InChI=1S/C56H84N8O4/c1-5-31-65-53-43-11-9-12-44(53)36-48-40-52(64-29-25-61-21-17-58-18-22-62-26-30-64)42-50(56(48)68-34-8-4)38-46-14-10-13-45(54(46)66-32-6-2)37-49-41-51(39-47(35-43)55(49)67-33-7-3)63-27-23-59-19-15-57-16-20-60-24-28-63/h9-14,39-42,57-62H,5-8,15-38H2,1-4H3. The van der Waals surface area contributed by atoms with Crippen LogP contribution in [0.4, 0.5) is 11.4 Å². The highest BCUT2D eigenvalue weighted by molar-refractivity contribution is 5.64. The maximum absolute atomic E-state index is 6.94. The summed E-state index contributed by atoms with van der Waals surface area (Å²) in [7, 11) is 0. The molecule has 0 spiro atoms. The minimum Gasteiger partial charge on any atom is -0.493 e. The number of nitrogens with zero attached hydrogens (tertiary/aromatic N) is 2. The van der Waals surface area contributed by atoms with E-state index in [0.29, 0.717) is 52.1 Å². The lowest BCUT2D eigenvalue weighted by Crippen LogP contribution is -2.41. The molecular weight excluding hydrogens is 849 g/mol. The first-order valence-electron chi connectivity index (χ1n) is 26.4. The Kier molecular flexibility index (Phi) is 21.3. The molecule has 4 aromatic carbocycles. The van der Waals surface area contributed by atoms with E-state index in [0.717, 1.165) is 153 Å². The van der Waals surface area contributed by atoms with E-state index in [1.54, 1.807) is 0 Å². The third-order valence-corrected chi connectivity index (χ3v) is 13.0. The summed E-state index contributed by atoms with van der Waals surface area (Å²) in [5, 5.41) is 21.9. The number of benzene rings is 4. The van der Waals surface area contributed by atoms with E-state index in [4.69, 9.17) is 18.9 Å². The van der Waals surface area contributed by atoms with Gasteiger partial charge in [0.05, 0.1) is 26.4 Å². The Labute approximate surface area is 409 Å². The largest absolute Gasteiger partial charge is 0.493 e. The number of hydrogen-bond donors (Lipinski definition) is 6. The van der Waals surface area contributed by atoms with Crippen molar-refractivity contribution in [3.05, 3.63) is 105 Å². The monoisotopic (exact) mass is 933 g/mol. The van der Waals surface area contributed by atoms with Gasteiger partial charge >= 0.3 is 0 Å². The van der Waals surface area contributed by atoms with E-state index < -0.39 is 0 Å². The van der Waals surface area contributed by atoms with Gasteiger partial charge in [-0.1, -0.05) is 64.1 Å². The number of nitrogens with one attached hydrogen (secondary N) is 6. The summed E-state index contributed by atoms with van der Waals surface area (Å²) in [6.45, 7) is 26.2. The molecule has 372 valence electrons. The second-order valence-electron chi connectivity index (χ2n) is 18.6. The molecule has 2 aliphatic heterocycles. The van der Waals surface area contributed by atoms with Gasteiger partial charge in [-0.3, -0.25) is 0 Å². The van der Waals surface area contributed by atoms with E-state index in [2.05, 4.69) is 130 Å². The Morgan fingerprint density at radius 1 is 0.338 bits per heavy atom. The second kappa shape index (κ2) is 28.2. The Bertz CT molecular complexity index is 1870. The fraction of sp³-hybridized carbons (Fsp3) is 0.571. The fourth-order valence-corrected chi connectivity index (χ4v) is 9.63. The zero-order valence-electron chi connectivity index (χ0n) is 42.1. The molecule has 12 heteroatoms. The first-order valence-corrected chi connectivity index (χ1v) is 26.4. The Morgan fingerprint density at radius 3 is 0.824 bits per heavy atom. The average molecular weight is 933 g/mol. The molecule has 12 nitrogen and oxygen atoms in total. The highest BCUT2D eigenvalue weighted by Crippen LogP contribution is 2.42. The smallest absolute Gasteiger partial charge is 0.126 e. The van der Waals surface area contributed by atoms with Crippen molar-refractivity contribution in [3.8, 4) is 23.0 Å². The summed E-state index contributed by atoms with van der Waals surface area (Å²) in [4.78, 5) is 5.12. The van der Waals surface area contributed by atoms with Crippen LogP contribution in [0.25, 0.3) is 0 Å². The summed E-state index contributed by atoms with van der Waals surface area (Å²) >= 11 is 0. The van der Waals surface area contributed by atoms with Gasteiger partial charge in [0.25, 0.3) is 0 Å². The lowest BCUT2D eigenvalue weighted by Gasteiger charge is -2.29. The quantitative estimate of drug-likeness (QED) is 0.0713. The maximum Gasteiger partial charge on any atom is 0.126 e. The van der Waals surface area contributed by atoms with Crippen LogP contribution < -0.4 is 60.6 Å². The summed E-state index contributed by atoms with van der Waals surface area (Å²) in [5.41, 5.74) is 11.9. The van der Waals surface area contributed by atoms with Crippen molar-refractivity contribution in [1.29, 1.82) is 0 Å². The average Bonchev–Trinajstić information content (AvgIpc) is 3.33. The summed E-state index contributed by atoms with van der Waals surface area (Å²) < 4.78 is 27.7. The third-order valence-electron chi connectivity index (χ3n) is 13.0. The van der Waals surface area contributed by atoms with Crippen molar-refractivity contribution in [2.75, 3.05) is 141 Å². The van der Waals surface area contributed by atoms with Gasteiger partial charge in [0.2, 0.25) is 0 Å². The van der Waals surface area contributed by atoms with E-state index in [1.165, 1.54) is 55.9 Å². The molecular formula is C56H84N8O4. The molecule has 8 bridgehead atoms. The van der Waals surface area contributed by atoms with Gasteiger partial charge < -0.3 is 60.6 Å². The summed E-state index contributed by atoms with van der Waals surface area (Å²) in [6.07, 6.45) is 6.39. The molecule has 2 heterocycles. The number of para-hydroxylation sites is 2. The number of ether oxygens (including phenoxy) is 4. The van der Waals surface area contributed by atoms with Gasteiger partial charge in [-0.25, -0.2) is 0 Å². The minimum absolute atomic E-state index is 0.640. The lowest BCUT2D eigenvalue weighted by molar-refractivity contribution is 0.304. The minimum atomic E-state index is 0.640. The van der Waals surface area contributed by atoms with Gasteiger partial charge in [0, 0.05) is 164 Å². The van der Waals surface area contributed by atoms with Crippen molar-refractivity contribution in [1.82, 2.24) is 31.9 Å². The van der Waals surface area contributed by atoms with Gasteiger partial charge in [-0.15, -0.1) is 0 Å².